The number of nitrogens with zero attached hydrogens (tertiary/aromatic N) is 1. The zero-order chi connectivity index (χ0) is 25.6. The van der Waals surface area contributed by atoms with Crippen molar-refractivity contribution >= 4 is 45.5 Å². The van der Waals surface area contributed by atoms with Crippen LogP contribution in [-0.4, -0.2) is 23.9 Å². The lowest BCUT2D eigenvalue weighted by Crippen LogP contribution is -2.29. The summed E-state index contributed by atoms with van der Waals surface area (Å²) in [6.07, 6.45) is 0. The Bertz CT molecular complexity index is 1570. The van der Waals surface area contributed by atoms with E-state index < -0.39 is 17.7 Å². The summed E-state index contributed by atoms with van der Waals surface area (Å²) in [4.78, 5) is 28.5. The van der Waals surface area contributed by atoms with Gasteiger partial charge >= 0.3 is 0 Å². The van der Waals surface area contributed by atoms with Gasteiger partial charge in [-0.2, -0.15) is 0 Å². The van der Waals surface area contributed by atoms with Crippen LogP contribution in [0.5, 0.6) is 5.75 Å². The van der Waals surface area contributed by atoms with Crippen LogP contribution in [0.4, 0.5) is 5.69 Å². The van der Waals surface area contributed by atoms with E-state index in [1.54, 1.807) is 30.3 Å². The highest BCUT2D eigenvalue weighted by atomic mass is 35.5. The zero-order valence-electron chi connectivity index (χ0n) is 20.1. The van der Waals surface area contributed by atoms with Crippen molar-refractivity contribution in [3.8, 4) is 5.75 Å². The maximum atomic E-state index is 13.6. The van der Waals surface area contributed by atoms with Gasteiger partial charge in [0.25, 0.3) is 11.7 Å². The molecule has 5 rings (SSSR count). The number of methoxy groups -OCH3 is 1. The van der Waals surface area contributed by atoms with Crippen molar-refractivity contribution in [3.05, 3.63) is 112 Å². The minimum Gasteiger partial charge on any atom is -0.507 e. The van der Waals surface area contributed by atoms with Gasteiger partial charge in [-0.3, -0.25) is 14.5 Å². The molecule has 5 nitrogen and oxygen atoms in total. The number of hydrogen-bond donors (Lipinski definition) is 1. The topological polar surface area (TPSA) is 66.8 Å². The number of ether oxygens (including phenoxy) is 1. The zero-order valence-corrected chi connectivity index (χ0v) is 20.8. The van der Waals surface area contributed by atoms with Gasteiger partial charge in [0, 0.05) is 10.7 Å². The molecule has 1 heterocycles. The first-order valence-corrected chi connectivity index (χ1v) is 11.9. The molecule has 0 aliphatic carbocycles. The van der Waals surface area contributed by atoms with Crippen LogP contribution >= 0.6 is 11.6 Å². The molecule has 4 aromatic rings. The second-order valence-electron chi connectivity index (χ2n) is 8.88. The fourth-order valence-corrected chi connectivity index (χ4v) is 5.24. The van der Waals surface area contributed by atoms with Gasteiger partial charge in [-0.25, -0.2) is 0 Å². The number of carbonyl (C=O) groups is 2. The van der Waals surface area contributed by atoms with Crippen molar-refractivity contribution in [2.45, 2.75) is 19.9 Å². The molecular formula is C30H24ClNO4. The second kappa shape index (κ2) is 9.17. The largest absolute Gasteiger partial charge is 0.507 e. The number of ketones is 1. The molecule has 1 amide bonds. The summed E-state index contributed by atoms with van der Waals surface area (Å²) in [6, 6.07) is 23.1. The van der Waals surface area contributed by atoms with Crippen LogP contribution in [0.3, 0.4) is 0 Å². The van der Waals surface area contributed by atoms with E-state index in [1.807, 2.05) is 62.4 Å². The normalized spacial score (nSPS) is 17.1. The summed E-state index contributed by atoms with van der Waals surface area (Å²) in [5.41, 5.74) is 3.25. The van der Waals surface area contributed by atoms with Crippen molar-refractivity contribution in [3.63, 3.8) is 0 Å². The lowest BCUT2D eigenvalue weighted by Gasteiger charge is -2.27. The molecule has 0 saturated carbocycles. The lowest BCUT2D eigenvalue weighted by atomic mass is 9.90. The fraction of sp³-hybridized carbons (Fsp3) is 0.133. The average molecular weight is 498 g/mol. The third kappa shape index (κ3) is 3.82. The first-order chi connectivity index (χ1) is 17.3. The molecule has 36 heavy (non-hydrogen) atoms. The molecule has 1 aliphatic heterocycles. The Morgan fingerprint density at radius 1 is 0.944 bits per heavy atom. The SMILES string of the molecule is COc1c(C)cc(C)cc1/C(O)=C1\C(=O)C(=O)N(c2cccc(Cl)c2)C1c1cccc2ccccc12. The summed E-state index contributed by atoms with van der Waals surface area (Å²) < 4.78 is 5.59. The first kappa shape index (κ1) is 23.6. The molecular weight excluding hydrogens is 474 g/mol. The number of amides is 1. The molecule has 0 radical (unpaired) electrons. The molecule has 1 unspecified atom stereocenters. The Labute approximate surface area is 214 Å². The summed E-state index contributed by atoms with van der Waals surface area (Å²) in [7, 11) is 1.52. The monoisotopic (exact) mass is 497 g/mol. The number of aliphatic hydroxyl groups is 1. The number of rotatable bonds is 4. The molecule has 1 saturated heterocycles. The number of halogens is 1. The van der Waals surface area contributed by atoms with Crippen molar-refractivity contribution < 1.29 is 19.4 Å². The number of fused-ring (bicyclic) bond motifs is 1. The van der Waals surface area contributed by atoms with E-state index in [0.717, 1.165) is 27.5 Å². The van der Waals surface area contributed by atoms with Gasteiger partial charge in [-0.1, -0.05) is 66.2 Å². The van der Waals surface area contributed by atoms with E-state index in [4.69, 9.17) is 16.3 Å². The quantitative estimate of drug-likeness (QED) is 0.192. The number of hydrogen-bond acceptors (Lipinski definition) is 4. The van der Waals surface area contributed by atoms with Crippen molar-refractivity contribution in [1.29, 1.82) is 0 Å². The molecule has 1 N–H and O–H groups in total. The molecule has 0 aromatic heterocycles. The van der Waals surface area contributed by atoms with Gasteiger partial charge in [0.1, 0.15) is 11.5 Å². The number of aliphatic hydroxyl groups excluding tert-OH is 1. The van der Waals surface area contributed by atoms with E-state index >= 15 is 0 Å². The summed E-state index contributed by atoms with van der Waals surface area (Å²) in [5, 5.41) is 13.9. The van der Waals surface area contributed by atoms with Gasteiger partial charge in [0.05, 0.1) is 24.3 Å². The highest BCUT2D eigenvalue weighted by Gasteiger charge is 2.47. The Morgan fingerprint density at radius 3 is 2.42 bits per heavy atom. The van der Waals surface area contributed by atoms with E-state index in [0.29, 0.717) is 22.0 Å². The Kier molecular flexibility index (Phi) is 6.02. The van der Waals surface area contributed by atoms with Crippen LogP contribution in [0.15, 0.2) is 84.4 Å². The predicted octanol–water partition coefficient (Wildman–Crippen LogP) is 6.74. The minimum absolute atomic E-state index is 0.000344. The smallest absolute Gasteiger partial charge is 0.300 e. The maximum Gasteiger partial charge on any atom is 0.300 e. The summed E-state index contributed by atoms with van der Waals surface area (Å²) >= 11 is 6.26. The Balaban J connectivity index is 1.85. The van der Waals surface area contributed by atoms with Crippen LogP contribution in [0.1, 0.15) is 28.3 Å². The van der Waals surface area contributed by atoms with Crippen LogP contribution in [0.2, 0.25) is 5.02 Å². The molecule has 180 valence electrons. The number of benzene rings is 4. The number of Topliss-reactive ketones (excluding diaryl/α,β-unsaturated/α-hetero) is 1. The summed E-state index contributed by atoms with van der Waals surface area (Å²) in [5.74, 6) is -1.34. The Hall–Kier alpha value is -4.09. The maximum absolute atomic E-state index is 13.6. The lowest BCUT2D eigenvalue weighted by molar-refractivity contribution is -0.132. The van der Waals surface area contributed by atoms with E-state index in [1.165, 1.54) is 12.0 Å². The fourth-order valence-electron chi connectivity index (χ4n) is 5.05. The van der Waals surface area contributed by atoms with Crippen LogP contribution in [0.25, 0.3) is 16.5 Å². The van der Waals surface area contributed by atoms with Gasteiger partial charge in [-0.15, -0.1) is 0 Å². The standard InChI is InChI=1S/C30H24ClNO4/c1-17-14-18(2)29(36-3)24(15-17)27(33)25-26(23-13-6-9-19-8-4-5-12-22(19)23)32(30(35)28(25)34)21-11-7-10-20(31)16-21/h4-16,26,33H,1-3H3/b27-25+. The van der Waals surface area contributed by atoms with E-state index in [9.17, 15) is 14.7 Å². The third-order valence-electron chi connectivity index (χ3n) is 6.53. The van der Waals surface area contributed by atoms with Gasteiger partial charge in [0.2, 0.25) is 0 Å². The van der Waals surface area contributed by atoms with Crippen molar-refractivity contribution in [1.82, 2.24) is 0 Å². The molecule has 0 bridgehead atoms. The molecule has 1 aliphatic rings. The number of aryl methyl sites for hydroxylation is 2. The minimum atomic E-state index is -0.875. The highest BCUT2D eigenvalue weighted by molar-refractivity contribution is 6.52. The van der Waals surface area contributed by atoms with Crippen molar-refractivity contribution in [2.75, 3.05) is 12.0 Å². The Morgan fingerprint density at radius 2 is 1.67 bits per heavy atom. The molecule has 6 heteroatoms. The van der Waals surface area contributed by atoms with Crippen molar-refractivity contribution in [2.24, 2.45) is 0 Å². The van der Waals surface area contributed by atoms with Crippen LogP contribution < -0.4 is 9.64 Å². The van der Waals surface area contributed by atoms with Crippen LogP contribution in [0, 0.1) is 13.8 Å². The molecule has 1 atom stereocenters. The first-order valence-electron chi connectivity index (χ1n) is 11.5. The van der Waals surface area contributed by atoms with E-state index in [2.05, 4.69) is 0 Å². The third-order valence-corrected chi connectivity index (χ3v) is 6.76. The molecule has 0 spiro atoms. The molecule has 4 aromatic carbocycles. The van der Waals surface area contributed by atoms with Gasteiger partial charge < -0.3 is 9.84 Å². The predicted molar refractivity (Wildman–Crippen MR) is 143 cm³/mol. The van der Waals surface area contributed by atoms with Gasteiger partial charge in [-0.05, 0) is 65.6 Å². The highest BCUT2D eigenvalue weighted by Crippen LogP contribution is 2.45. The average Bonchev–Trinajstić information content (AvgIpc) is 3.13. The summed E-state index contributed by atoms with van der Waals surface area (Å²) in [6.45, 7) is 3.77. The van der Waals surface area contributed by atoms with Crippen LogP contribution in [-0.2, 0) is 9.59 Å². The number of carbonyl (C=O) groups excluding carboxylic acids is 2. The van der Waals surface area contributed by atoms with E-state index in [-0.39, 0.29) is 11.3 Å². The molecule has 1 fully saturated rings. The number of anilines is 1. The van der Waals surface area contributed by atoms with Gasteiger partial charge in [0.15, 0.2) is 0 Å². The second-order valence-corrected chi connectivity index (χ2v) is 9.32.